The predicted octanol–water partition coefficient (Wildman–Crippen LogP) is -0.0949. The maximum absolute atomic E-state index is 12.3. The number of oxime groups is 1. The van der Waals surface area contributed by atoms with Crippen LogP contribution in [0.15, 0.2) is 17.5 Å². The van der Waals surface area contributed by atoms with Crippen LogP contribution in [0.1, 0.15) is 18.7 Å². The number of imidazole rings is 1. The summed E-state index contributed by atoms with van der Waals surface area (Å²) >= 11 is 0. The van der Waals surface area contributed by atoms with Crippen molar-refractivity contribution in [1.29, 1.82) is 0 Å². The Morgan fingerprint density at radius 3 is 2.83 bits per heavy atom. The predicted molar refractivity (Wildman–Crippen MR) is 64.8 cm³/mol. The zero-order chi connectivity index (χ0) is 13.3. The van der Waals surface area contributed by atoms with E-state index in [0.29, 0.717) is 19.4 Å². The first kappa shape index (κ1) is 12.4. The van der Waals surface area contributed by atoms with E-state index in [2.05, 4.69) is 10.1 Å². The topological polar surface area (TPSA) is 96.7 Å². The molecule has 1 saturated carbocycles. The van der Waals surface area contributed by atoms with Gasteiger partial charge in [-0.2, -0.15) is 0 Å². The fourth-order valence-corrected chi connectivity index (χ4v) is 2.00. The van der Waals surface area contributed by atoms with Crippen molar-refractivity contribution in [3.63, 3.8) is 0 Å². The highest BCUT2D eigenvalue weighted by molar-refractivity contribution is 6.09. The van der Waals surface area contributed by atoms with E-state index < -0.39 is 5.41 Å². The van der Waals surface area contributed by atoms with Crippen molar-refractivity contribution in [3.05, 3.63) is 18.2 Å². The number of aromatic nitrogens is 2. The second-order valence-corrected chi connectivity index (χ2v) is 4.68. The van der Waals surface area contributed by atoms with E-state index >= 15 is 0 Å². The van der Waals surface area contributed by atoms with Crippen molar-refractivity contribution in [2.75, 3.05) is 7.05 Å². The first-order chi connectivity index (χ1) is 8.51. The summed E-state index contributed by atoms with van der Waals surface area (Å²) in [6, 6.07) is 0. The van der Waals surface area contributed by atoms with Gasteiger partial charge in [0.25, 0.3) is 0 Å². The van der Waals surface area contributed by atoms with Crippen LogP contribution in [-0.2, 0) is 18.4 Å². The Balaban J connectivity index is 2.09. The number of nitrogens with zero attached hydrogens (tertiary/aromatic N) is 4. The summed E-state index contributed by atoms with van der Waals surface area (Å²) in [5, 5.41) is 11.7. The molecule has 0 aromatic carbocycles. The molecular formula is C11H17N5O2. The Morgan fingerprint density at radius 2 is 2.39 bits per heavy atom. The highest BCUT2D eigenvalue weighted by Crippen LogP contribution is 2.47. The van der Waals surface area contributed by atoms with Crippen molar-refractivity contribution >= 4 is 11.7 Å². The van der Waals surface area contributed by atoms with Crippen molar-refractivity contribution in [1.82, 2.24) is 14.5 Å². The third-order valence-corrected chi connectivity index (χ3v) is 3.40. The van der Waals surface area contributed by atoms with Crippen LogP contribution in [0.4, 0.5) is 0 Å². The molecule has 18 heavy (non-hydrogen) atoms. The molecule has 7 heteroatoms. The molecule has 2 rings (SSSR count). The molecule has 0 spiro atoms. The lowest BCUT2D eigenvalue weighted by Gasteiger charge is -2.22. The number of nitrogens with two attached hydrogens (primary N) is 1. The van der Waals surface area contributed by atoms with Crippen LogP contribution in [0.25, 0.3) is 0 Å². The summed E-state index contributed by atoms with van der Waals surface area (Å²) in [6.07, 6.45) is 4.77. The number of rotatable bonds is 4. The van der Waals surface area contributed by atoms with Crippen LogP contribution in [0.2, 0.25) is 0 Å². The summed E-state index contributed by atoms with van der Waals surface area (Å²) < 4.78 is 1.85. The van der Waals surface area contributed by atoms with Gasteiger partial charge in [0.15, 0.2) is 5.84 Å². The number of carbonyl (C=O) groups excluding carboxylic acids is 1. The molecule has 0 radical (unpaired) electrons. The standard InChI is InChI=1S/C11H17N5O2/c1-15-6-5-13-8(15)7-16(2)10(17)11(3-4-11)9(12)14-18/h5-6,18H,3-4,7H2,1-2H3,(H2,12,14). The molecule has 0 aliphatic heterocycles. The molecule has 3 N–H and O–H groups in total. The van der Waals surface area contributed by atoms with E-state index in [1.54, 1.807) is 18.1 Å². The molecule has 1 aromatic rings. The highest BCUT2D eigenvalue weighted by atomic mass is 16.4. The smallest absolute Gasteiger partial charge is 0.236 e. The average molecular weight is 251 g/mol. The van der Waals surface area contributed by atoms with Crippen molar-refractivity contribution in [3.8, 4) is 0 Å². The molecule has 0 saturated heterocycles. The third-order valence-electron chi connectivity index (χ3n) is 3.40. The second kappa shape index (κ2) is 4.32. The quantitative estimate of drug-likeness (QED) is 0.338. The number of hydrogen-bond donors (Lipinski definition) is 2. The molecule has 1 heterocycles. The van der Waals surface area contributed by atoms with E-state index in [9.17, 15) is 4.79 Å². The van der Waals surface area contributed by atoms with Crippen LogP contribution in [0.5, 0.6) is 0 Å². The molecule has 0 unspecified atom stereocenters. The number of amides is 1. The Kier molecular flexibility index (Phi) is 2.98. The van der Waals surface area contributed by atoms with Crippen molar-refractivity contribution < 1.29 is 10.0 Å². The lowest BCUT2D eigenvalue weighted by atomic mass is 10.0. The fourth-order valence-electron chi connectivity index (χ4n) is 2.00. The minimum absolute atomic E-state index is 0.000750. The highest BCUT2D eigenvalue weighted by Gasteiger charge is 2.55. The van der Waals surface area contributed by atoms with Gasteiger partial charge in [-0.15, -0.1) is 0 Å². The van der Waals surface area contributed by atoms with Crippen molar-refractivity contribution in [2.24, 2.45) is 23.4 Å². The number of carbonyl (C=O) groups is 1. The molecule has 1 aromatic heterocycles. The van der Waals surface area contributed by atoms with Gasteiger partial charge in [-0.1, -0.05) is 5.16 Å². The Bertz CT molecular complexity index is 489. The van der Waals surface area contributed by atoms with Gasteiger partial charge in [0, 0.05) is 26.5 Å². The Labute approximate surface area is 105 Å². The zero-order valence-electron chi connectivity index (χ0n) is 10.5. The molecular weight excluding hydrogens is 234 g/mol. The summed E-state index contributed by atoms with van der Waals surface area (Å²) in [4.78, 5) is 18.0. The molecule has 1 aliphatic rings. The lowest BCUT2D eigenvalue weighted by Crippen LogP contribution is -2.41. The average Bonchev–Trinajstić information content (AvgIpc) is 3.08. The minimum atomic E-state index is -0.797. The van der Waals surface area contributed by atoms with Crippen LogP contribution in [0.3, 0.4) is 0 Å². The van der Waals surface area contributed by atoms with Gasteiger partial charge in [0.2, 0.25) is 5.91 Å². The van der Waals surface area contributed by atoms with Gasteiger partial charge >= 0.3 is 0 Å². The van der Waals surface area contributed by atoms with E-state index in [4.69, 9.17) is 10.9 Å². The summed E-state index contributed by atoms with van der Waals surface area (Å²) in [7, 11) is 3.57. The molecule has 0 bridgehead atoms. The first-order valence-electron chi connectivity index (χ1n) is 5.71. The van der Waals surface area contributed by atoms with Crippen LogP contribution < -0.4 is 5.73 Å². The SMILES string of the molecule is CN(Cc1nccn1C)C(=O)C1(/C(N)=N/O)CC1. The van der Waals surface area contributed by atoms with Gasteiger partial charge < -0.3 is 20.4 Å². The zero-order valence-corrected chi connectivity index (χ0v) is 10.5. The molecule has 98 valence electrons. The molecule has 1 aliphatic carbocycles. The number of aryl methyl sites for hydroxylation is 1. The summed E-state index contributed by atoms with van der Waals surface area (Å²) in [5.74, 6) is 0.668. The minimum Gasteiger partial charge on any atom is -0.409 e. The van der Waals surface area contributed by atoms with Gasteiger partial charge in [0.05, 0.1) is 6.54 Å². The summed E-state index contributed by atoms with van der Waals surface area (Å²) in [5.41, 5.74) is 4.79. The van der Waals surface area contributed by atoms with Gasteiger partial charge in [-0.05, 0) is 12.8 Å². The monoisotopic (exact) mass is 251 g/mol. The van der Waals surface area contributed by atoms with E-state index in [1.165, 1.54) is 0 Å². The van der Waals surface area contributed by atoms with Gasteiger partial charge in [-0.25, -0.2) is 4.98 Å². The van der Waals surface area contributed by atoms with Gasteiger partial charge in [0.1, 0.15) is 11.2 Å². The van der Waals surface area contributed by atoms with Crippen LogP contribution >= 0.6 is 0 Å². The largest absolute Gasteiger partial charge is 0.409 e. The molecule has 1 fully saturated rings. The Morgan fingerprint density at radius 1 is 1.72 bits per heavy atom. The number of hydrogen-bond acceptors (Lipinski definition) is 4. The lowest BCUT2D eigenvalue weighted by molar-refractivity contribution is -0.133. The van der Waals surface area contributed by atoms with Crippen molar-refractivity contribution in [2.45, 2.75) is 19.4 Å². The second-order valence-electron chi connectivity index (χ2n) is 4.68. The molecule has 7 nitrogen and oxygen atoms in total. The third kappa shape index (κ3) is 1.92. The van der Waals surface area contributed by atoms with Crippen LogP contribution in [-0.4, -0.2) is 38.4 Å². The molecule has 0 atom stereocenters. The fraction of sp³-hybridized carbons (Fsp3) is 0.545. The van der Waals surface area contributed by atoms with E-state index in [1.807, 2.05) is 17.8 Å². The first-order valence-corrected chi connectivity index (χ1v) is 5.71. The number of amidine groups is 1. The van der Waals surface area contributed by atoms with Gasteiger partial charge in [-0.3, -0.25) is 4.79 Å². The maximum atomic E-state index is 12.3. The van der Waals surface area contributed by atoms with E-state index in [0.717, 1.165) is 5.82 Å². The maximum Gasteiger partial charge on any atom is 0.236 e. The molecule has 1 amide bonds. The van der Waals surface area contributed by atoms with E-state index in [-0.39, 0.29) is 11.7 Å². The van der Waals surface area contributed by atoms with Crippen LogP contribution in [0, 0.1) is 5.41 Å². The Hall–Kier alpha value is -2.05. The summed E-state index contributed by atoms with van der Waals surface area (Å²) in [6.45, 7) is 0.406. The normalized spacial score (nSPS) is 17.6.